The molecule has 0 aliphatic heterocycles. The number of aryl methyl sites for hydroxylation is 2. The minimum atomic E-state index is -3.57. The Hall–Kier alpha value is -1.56. The highest BCUT2D eigenvalue weighted by atomic mass is 32.2. The molecule has 0 aromatic heterocycles. The number of carbonyl (C=O) groups is 1. The van der Waals surface area contributed by atoms with Crippen LogP contribution in [0, 0.1) is 13.8 Å². The monoisotopic (exact) mass is 326 g/mol. The van der Waals surface area contributed by atoms with Crippen molar-refractivity contribution in [1.82, 2.24) is 5.32 Å². The normalized spacial score (nSPS) is 13.6. The van der Waals surface area contributed by atoms with Crippen molar-refractivity contribution in [3.05, 3.63) is 29.3 Å². The Labute approximate surface area is 133 Å². The predicted molar refractivity (Wildman–Crippen MR) is 90.6 cm³/mol. The minimum absolute atomic E-state index is 0.323. The molecule has 0 radical (unpaired) electrons. The second-order valence-corrected chi connectivity index (χ2v) is 8.60. The summed E-state index contributed by atoms with van der Waals surface area (Å²) in [6, 6.07) is 4.55. The van der Waals surface area contributed by atoms with Crippen molar-refractivity contribution >= 4 is 21.6 Å². The largest absolute Gasteiger partial charge is 0.350 e. The van der Waals surface area contributed by atoms with Crippen LogP contribution in [0.1, 0.15) is 38.8 Å². The molecule has 1 aromatic carbocycles. The average Bonchev–Trinajstić information content (AvgIpc) is 2.30. The van der Waals surface area contributed by atoms with Crippen LogP contribution in [-0.2, 0) is 14.8 Å². The Balaban J connectivity index is 3.25. The van der Waals surface area contributed by atoms with E-state index in [0.717, 1.165) is 17.4 Å². The van der Waals surface area contributed by atoms with Gasteiger partial charge in [-0.15, -0.1) is 0 Å². The van der Waals surface area contributed by atoms with Gasteiger partial charge in [0.25, 0.3) is 0 Å². The van der Waals surface area contributed by atoms with Crippen molar-refractivity contribution in [1.29, 1.82) is 0 Å². The summed E-state index contributed by atoms with van der Waals surface area (Å²) in [7, 11) is -3.57. The Morgan fingerprint density at radius 1 is 1.18 bits per heavy atom. The van der Waals surface area contributed by atoms with Crippen LogP contribution in [0.2, 0.25) is 0 Å². The van der Waals surface area contributed by atoms with Gasteiger partial charge in [-0.3, -0.25) is 9.10 Å². The molecule has 0 bridgehead atoms. The van der Waals surface area contributed by atoms with Crippen LogP contribution in [0.4, 0.5) is 5.69 Å². The van der Waals surface area contributed by atoms with Crippen molar-refractivity contribution in [3.63, 3.8) is 0 Å². The molecule has 22 heavy (non-hydrogen) atoms. The summed E-state index contributed by atoms with van der Waals surface area (Å²) >= 11 is 0. The quantitative estimate of drug-likeness (QED) is 0.924. The fourth-order valence-corrected chi connectivity index (χ4v) is 3.31. The second kappa shape index (κ2) is 6.28. The van der Waals surface area contributed by atoms with Crippen LogP contribution in [0.15, 0.2) is 18.2 Å². The molecule has 6 heteroatoms. The third kappa shape index (κ3) is 4.73. The molecule has 1 rings (SSSR count). The maximum atomic E-state index is 12.4. The topological polar surface area (TPSA) is 66.5 Å². The number of nitrogens with zero attached hydrogens (tertiary/aromatic N) is 1. The van der Waals surface area contributed by atoms with Crippen LogP contribution in [0.25, 0.3) is 0 Å². The zero-order valence-electron chi connectivity index (χ0n) is 14.4. The number of benzene rings is 1. The standard InChI is InChI=1S/C16H26N2O3S/c1-11-8-9-14(10-12(11)2)18(22(7,20)21)13(3)15(19)17-16(4,5)6/h8-10,13H,1-7H3,(H,17,19)/t13-/m1/s1. The molecule has 0 heterocycles. The highest BCUT2D eigenvalue weighted by molar-refractivity contribution is 7.92. The molecule has 0 unspecified atom stereocenters. The highest BCUT2D eigenvalue weighted by Crippen LogP contribution is 2.24. The maximum absolute atomic E-state index is 12.4. The zero-order chi connectivity index (χ0) is 17.3. The lowest BCUT2D eigenvalue weighted by Crippen LogP contribution is -2.52. The molecule has 5 nitrogen and oxygen atoms in total. The maximum Gasteiger partial charge on any atom is 0.244 e. The molecule has 124 valence electrons. The Bertz CT molecular complexity index is 660. The van der Waals surface area contributed by atoms with E-state index in [0.29, 0.717) is 5.69 Å². The van der Waals surface area contributed by atoms with Crippen molar-refractivity contribution < 1.29 is 13.2 Å². The van der Waals surface area contributed by atoms with Crippen LogP contribution < -0.4 is 9.62 Å². The van der Waals surface area contributed by atoms with Gasteiger partial charge >= 0.3 is 0 Å². The first kappa shape index (κ1) is 18.5. The third-order valence-electron chi connectivity index (χ3n) is 3.33. The molecule has 0 aliphatic rings. The zero-order valence-corrected chi connectivity index (χ0v) is 15.2. The molecule has 0 aliphatic carbocycles. The van der Waals surface area contributed by atoms with Gasteiger partial charge in [0.2, 0.25) is 15.9 Å². The Kier molecular flexibility index (Phi) is 5.28. The predicted octanol–water partition coefficient (Wildman–Crippen LogP) is 2.37. The van der Waals surface area contributed by atoms with Gasteiger partial charge in [-0.25, -0.2) is 8.42 Å². The molecule has 0 saturated heterocycles. The fourth-order valence-electron chi connectivity index (χ4n) is 2.15. The average molecular weight is 326 g/mol. The molecule has 0 saturated carbocycles. The lowest BCUT2D eigenvalue weighted by molar-refractivity contribution is -0.123. The van der Waals surface area contributed by atoms with Gasteiger partial charge in [-0.05, 0) is 64.8 Å². The van der Waals surface area contributed by atoms with Gasteiger partial charge in [0.15, 0.2) is 0 Å². The number of carbonyl (C=O) groups excluding carboxylic acids is 1. The van der Waals surface area contributed by atoms with E-state index in [9.17, 15) is 13.2 Å². The smallest absolute Gasteiger partial charge is 0.244 e. The molecule has 1 N–H and O–H groups in total. The van der Waals surface area contributed by atoms with E-state index in [4.69, 9.17) is 0 Å². The number of hydrogen-bond acceptors (Lipinski definition) is 3. The molecule has 0 fully saturated rings. The summed E-state index contributed by atoms with van der Waals surface area (Å²) in [6.07, 6.45) is 1.11. The highest BCUT2D eigenvalue weighted by Gasteiger charge is 2.30. The Morgan fingerprint density at radius 2 is 1.73 bits per heavy atom. The summed E-state index contributed by atoms with van der Waals surface area (Å²) in [6.45, 7) is 11.0. The summed E-state index contributed by atoms with van der Waals surface area (Å²) in [5.74, 6) is -0.323. The lowest BCUT2D eigenvalue weighted by atomic mass is 10.1. The fraction of sp³-hybridized carbons (Fsp3) is 0.562. The first-order chi connectivity index (χ1) is 9.83. The molecular formula is C16H26N2O3S. The van der Waals surface area contributed by atoms with Crippen molar-refractivity contribution in [2.75, 3.05) is 10.6 Å². The van der Waals surface area contributed by atoms with E-state index in [1.807, 2.05) is 40.7 Å². The number of nitrogens with one attached hydrogen (secondary N) is 1. The van der Waals surface area contributed by atoms with E-state index in [1.165, 1.54) is 4.31 Å². The molecule has 1 aromatic rings. The van der Waals surface area contributed by atoms with E-state index < -0.39 is 21.6 Å². The summed E-state index contributed by atoms with van der Waals surface area (Å²) in [5.41, 5.74) is 2.14. The van der Waals surface area contributed by atoms with Gasteiger partial charge in [-0.1, -0.05) is 6.07 Å². The summed E-state index contributed by atoms with van der Waals surface area (Å²) in [5, 5.41) is 2.82. The molecule has 1 amide bonds. The minimum Gasteiger partial charge on any atom is -0.350 e. The van der Waals surface area contributed by atoms with Crippen LogP contribution >= 0.6 is 0 Å². The first-order valence-corrected chi connectivity index (χ1v) is 9.06. The van der Waals surface area contributed by atoms with E-state index >= 15 is 0 Å². The van der Waals surface area contributed by atoms with Gasteiger partial charge in [0, 0.05) is 5.54 Å². The SMILES string of the molecule is Cc1ccc(N([C@H](C)C(=O)NC(C)(C)C)S(C)(=O)=O)cc1C. The lowest BCUT2D eigenvalue weighted by Gasteiger charge is -2.31. The van der Waals surface area contributed by atoms with Gasteiger partial charge < -0.3 is 5.32 Å². The first-order valence-electron chi connectivity index (χ1n) is 7.21. The van der Waals surface area contributed by atoms with Crippen molar-refractivity contribution in [2.24, 2.45) is 0 Å². The number of sulfonamides is 1. The van der Waals surface area contributed by atoms with Gasteiger partial charge in [0.05, 0.1) is 11.9 Å². The van der Waals surface area contributed by atoms with E-state index in [1.54, 1.807) is 19.1 Å². The van der Waals surface area contributed by atoms with Crippen LogP contribution in [0.5, 0.6) is 0 Å². The number of hydrogen-bond donors (Lipinski definition) is 1. The number of rotatable bonds is 4. The van der Waals surface area contributed by atoms with E-state index in [-0.39, 0.29) is 5.91 Å². The van der Waals surface area contributed by atoms with Gasteiger partial charge in [0.1, 0.15) is 6.04 Å². The number of amides is 1. The molecular weight excluding hydrogens is 300 g/mol. The molecule has 1 atom stereocenters. The van der Waals surface area contributed by atoms with Gasteiger partial charge in [-0.2, -0.15) is 0 Å². The second-order valence-electron chi connectivity index (χ2n) is 6.74. The molecule has 0 spiro atoms. The third-order valence-corrected chi connectivity index (χ3v) is 4.57. The Morgan fingerprint density at radius 3 is 2.14 bits per heavy atom. The van der Waals surface area contributed by atoms with E-state index in [2.05, 4.69) is 5.32 Å². The van der Waals surface area contributed by atoms with Crippen molar-refractivity contribution in [2.45, 2.75) is 53.1 Å². The van der Waals surface area contributed by atoms with Crippen LogP contribution in [0.3, 0.4) is 0 Å². The summed E-state index contributed by atoms with van der Waals surface area (Å²) < 4.78 is 25.5. The summed E-state index contributed by atoms with van der Waals surface area (Å²) in [4.78, 5) is 12.4. The van der Waals surface area contributed by atoms with Crippen LogP contribution in [-0.4, -0.2) is 32.2 Å². The van der Waals surface area contributed by atoms with Crippen molar-refractivity contribution in [3.8, 4) is 0 Å². The number of anilines is 1.